The smallest absolute Gasteiger partial charge is 0.234 e. The number of likely N-dealkylation sites (tertiary alicyclic amines) is 1. The van der Waals surface area contributed by atoms with Gasteiger partial charge in [-0.1, -0.05) is 0 Å². The highest BCUT2D eigenvalue weighted by molar-refractivity contribution is 9.10. The van der Waals surface area contributed by atoms with E-state index in [-0.39, 0.29) is 5.91 Å². The lowest BCUT2D eigenvalue weighted by molar-refractivity contribution is -0.122. The summed E-state index contributed by atoms with van der Waals surface area (Å²) in [5.41, 5.74) is 0. The lowest BCUT2D eigenvalue weighted by atomic mass is 10.0. The molecular weight excluding hydrogens is 386 g/mol. The van der Waals surface area contributed by atoms with Gasteiger partial charge < -0.3 is 14.6 Å². The Hall–Kier alpha value is -1.93. The summed E-state index contributed by atoms with van der Waals surface area (Å²) in [4.78, 5) is 25.1. The first kappa shape index (κ1) is 17.9. The molecule has 3 rings (SSSR count). The highest BCUT2D eigenvalue weighted by Gasteiger charge is 2.24. The second-order valence-electron chi connectivity index (χ2n) is 6.18. The molecule has 0 radical (unpaired) electrons. The van der Waals surface area contributed by atoms with E-state index in [1.807, 2.05) is 19.2 Å². The Morgan fingerprint density at radius 2 is 2.12 bits per heavy atom. The molecule has 8 heteroatoms. The first-order valence-corrected chi connectivity index (χ1v) is 9.13. The summed E-state index contributed by atoms with van der Waals surface area (Å²) >= 11 is 3.35. The van der Waals surface area contributed by atoms with Crippen LogP contribution in [0, 0.1) is 0 Å². The normalized spacial score (nSPS) is 15.9. The van der Waals surface area contributed by atoms with Gasteiger partial charge >= 0.3 is 0 Å². The molecule has 1 saturated heterocycles. The Morgan fingerprint density at radius 3 is 2.76 bits per heavy atom. The van der Waals surface area contributed by atoms with Gasteiger partial charge in [0, 0.05) is 38.6 Å². The molecule has 0 saturated carbocycles. The largest absolute Gasteiger partial charge is 0.467 e. The summed E-state index contributed by atoms with van der Waals surface area (Å²) in [5, 5.41) is 2.89. The number of carbonyl (C=O) groups excluding carboxylic acids is 1. The number of furan rings is 1. The van der Waals surface area contributed by atoms with Gasteiger partial charge in [0.05, 0.1) is 23.8 Å². The Labute approximate surface area is 155 Å². The minimum Gasteiger partial charge on any atom is -0.467 e. The van der Waals surface area contributed by atoms with Gasteiger partial charge in [-0.15, -0.1) is 0 Å². The van der Waals surface area contributed by atoms with Crippen molar-refractivity contribution >= 4 is 27.8 Å². The highest BCUT2D eigenvalue weighted by atomic mass is 79.9. The van der Waals surface area contributed by atoms with Gasteiger partial charge in [-0.2, -0.15) is 0 Å². The van der Waals surface area contributed by atoms with Crippen molar-refractivity contribution in [1.82, 2.24) is 20.2 Å². The second kappa shape index (κ2) is 8.44. The van der Waals surface area contributed by atoms with E-state index < -0.39 is 0 Å². The van der Waals surface area contributed by atoms with Crippen molar-refractivity contribution in [3.8, 4) is 0 Å². The van der Waals surface area contributed by atoms with Crippen LogP contribution in [0.5, 0.6) is 0 Å². The van der Waals surface area contributed by atoms with Crippen LogP contribution in [0.15, 0.2) is 39.7 Å². The molecule has 134 valence electrons. The SMILES string of the molecule is CN(c1ncc(Br)cn1)C1CCN(CC(=O)NCc2ccco2)CC1. The second-order valence-corrected chi connectivity index (χ2v) is 7.09. The zero-order valence-electron chi connectivity index (χ0n) is 14.2. The first-order valence-electron chi connectivity index (χ1n) is 8.33. The summed E-state index contributed by atoms with van der Waals surface area (Å²) in [6.07, 6.45) is 7.11. The van der Waals surface area contributed by atoms with Crippen molar-refractivity contribution in [1.29, 1.82) is 0 Å². The predicted octanol–water partition coefficient (Wildman–Crippen LogP) is 2.05. The molecule has 7 nitrogen and oxygen atoms in total. The molecule has 1 fully saturated rings. The lowest BCUT2D eigenvalue weighted by Crippen LogP contribution is -2.46. The molecular formula is C17H22BrN5O2. The average Bonchev–Trinajstić information content (AvgIpc) is 3.14. The third kappa shape index (κ3) is 5.02. The molecule has 1 aliphatic rings. The molecule has 0 aliphatic carbocycles. The third-order valence-corrected chi connectivity index (χ3v) is 4.84. The van der Waals surface area contributed by atoms with Crippen LogP contribution in [-0.4, -0.2) is 53.5 Å². The number of aromatic nitrogens is 2. The van der Waals surface area contributed by atoms with Gasteiger partial charge in [0.2, 0.25) is 11.9 Å². The maximum atomic E-state index is 12.0. The third-order valence-electron chi connectivity index (χ3n) is 4.43. The monoisotopic (exact) mass is 407 g/mol. The van der Waals surface area contributed by atoms with Crippen LogP contribution in [0.25, 0.3) is 0 Å². The van der Waals surface area contributed by atoms with Crippen molar-refractivity contribution in [2.45, 2.75) is 25.4 Å². The Kier molecular flexibility index (Phi) is 6.04. The zero-order valence-corrected chi connectivity index (χ0v) is 15.8. The van der Waals surface area contributed by atoms with Gasteiger partial charge in [0.15, 0.2) is 0 Å². The molecule has 0 unspecified atom stereocenters. The van der Waals surface area contributed by atoms with Gasteiger partial charge in [0.25, 0.3) is 0 Å². The van der Waals surface area contributed by atoms with Gasteiger partial charge in [0.1, 0.15) is 5.76 Å². The van der Waals surface area contributed by atoms with Gasteiger partial charge in [-0.25, -0.2) is 9.97 Å². The molecule has 3 heterocycles. The van der Waals surface area contributed by atoms with E-state index in [1.54, 1.807) is 18.7 Å². The summed E-state index contributed by atoms with van der Waals surface area (Å²) < 4.78 is 6.09. The van der Waals surface area contributed by atoms with Crippen LogP contribution in [-0.2, 0) is 11.3 Å². The fourth-order valence-corrected chi connectivity index (χ4v) is 3.18. The van der Waals surface area contributed by atoms with E-state index in [0.29, 0.717) is 19.1 Å². The molecule has 0 spiro atoms. The topological polar surface area (TPSA) is 74.5 Å². The van der Waals surface area contributed by atoms with E-state index in [0.717, 1.165) is 42.1 Å². The van der Waals surface area contributed by atoms with Gasteiger partial charge in [-0.05, 0) is 40.9 Å². The van der Waals surface area contributed by atoms with E-state index in [4.69, 9.17) is 4.42 Å². The lowest BCUT2D eigenvalue weighted by Gasteiger charge is -2.36. The van der Waals surface area contributed by atoms with Crippen LogP contribution >= 0.6 is 15.9 Å². The van der Waals surface area contributed by atoms with Crippen molar-refractivity contribution in [3.05, 3.63) is 41.0 Å². The van der Waals surface area contributed by atoms with Crippen LogP contribution in [0.1, 0.15) is 18.6 Å². The van der Waals surface area contributed by atoms with Crippen molar-refractivity contribution in [2.75, 3.05) is 31.6 Å². The van der Waals surface area contributed by atoms with Crippen LogP contribution < -0.4 is 10.2 Å². The fourth-order valence-electron chi connectivity index (χ4n) is 2.97. The number of piperidine rings is 1. The van der Waals surface area contributed by atoms with Crippen molar-refractivity contribution < 1.29 is 9.21 Å². The van der Waals surface area contributed by atoms with E-state index in [2.05, 4.69) is 41.0 Å². The number of nitrogens with one attached hydrogen (secondary N) is 1. The molecule has 25 heavy (non-hydrogen) atoms. The first-order chi connectivity index (χ1) is 12.1. The maximum absolute atomic E-state index is 12.0. The molecule has 1 N–H and O–H groups in total. The van der Waals surface area contributed by atoms with E-state index >= 15 is 0 Å². The van der Waals surface area contributed by atoms with E-state index in [9.17, 15) is 4.79 Å². The molecule has 0 atom stereocenters. The molecule has 1 amide bonds. The maximum Gasteiger partial charge on any atom is 0.234 e. The number of halogens is 1. The number of nitrogens with zero attached hydrogens (tertiary/aromatic N) is 4. The Balaban J connectivity index is 1.42. The molecule has 2 aromatic heterocycles. The van der Waals surface area contributed by atoms with Crippen LogP contribution in [0.2, 0.25) is 0 Å². The number of hydrogen-bond acceptors (Lipinski definition) is 6. The highest BCUT2D eigenvalue weighted by Crippen LogP contribution is 2.19. The number of hydrogen-bond donors (Lipinski definition) is 1. The minimum atomic E-state index is 0.0273. The van der Waals surface area contributed by atoms with Crippen molar-refractivity contribution in [2.24, 2.45) is 0 Å². The Morgan fingerprint density at radius 1 is 1.40 bits per heavy atom. The molecule has 0 aromatic carbocycles. The van der Waals surface area contributed by atoms with Crippen LogP contribution in [0.3, 0.4) is 0 Å². The van der Waals surface area contributed by atoms with Crippen LogP contribution in [0.4, 0.5) is 5.95 Å². The van der Waals surface area contributed by atoms with Gasteiger partial charge in [-0.3, -0.25) is 9.69 Å². The molecule has 0 bridgehead atoms. The zero-order chi connectivity index (χ0) is 17.6. The number of amides is 1. The van der Waals surface area contributed by atoms with Crippen molar-refractivity contribution in [3.63, 3.8) is 0 Å². The Bertz CT molecular complexity index is 669. The predicted molar refractivity (Wildman–Crippen MR) is 98.2 cm³/mol. The summed E-state index contributed by atoms with van der Waals surface area (Å²) in [7, 11) is 2.03. The number of anilines is 1. The standard InChI is InChI=1S/C17H22BrN5O2/c1-22(17-20-9-13(18)10-21-17)14-4-6-23(7-5-14)12-16(24)19-11-15-3-2-8-25-15/h2-3,8-10,14H,4-7,11-12H2,1H3,(H,19,24). The number of rotatable bonds is 6. The average molecular weight is 408 g/mol. The number of carbonyl (C=O) groups is 1. The van der Waals surface area contributed by atoms with E-state index in [1.165, 1.54) is 0 Å². The fraction of sp³-hybridized carbons (Fsp3) is 0.471. The minimum absolute atomic E-state index is 0.0273. The quantitative estimate of drug-likeness (QED) is 0.789. The molecule has 1 aliphatic heterocycles. The summed E-state index contributed by atoms with van der Waals surface area (Å²) in [5.74, 6) is 1.53. The summed E-state index contributed by atoms with van der Waals surface area (Å²) in [6, 6.07) is 4.06. The summed E-state index contributed by atoms with van der Waals surface area (Å²) in [6.45, 7) is 2.64. The molecule has 2 aromatic rings.